The van der Waals surface area contributed by atoms with E-state index in [2.05, 4.69) is 18.3 Å². The van der Waals surface area contributed by atoms with Gasteiger partial charge in [-0.05, 0) is 49.6 Å². The topological polar surface area (TPSA) is 39.7 Å². The molecule has 2 aromatic carbocycles. The van der Waals surface area contributed by atoms with Crippen molar-refractivity contribution in [2.75, 3.05) is 25.1 Å². The number of benzene rings is 2. The molecule has 1 unspecified atom stereocenters. The van der Waals surface area contributed by atoms with Gasteiger partial charge in [0.15, 0.2) is 0 Å². The Morgan fingerprint density at radius 1 is 1.08 bits per heavy atom. The number of hydrogen-bond acceptors (Lipinski definition) is 4. The van der Waals surface area contributed by atoms with Crippen LogP contribution in [-0.2, 0) is 11.3 Å². The van der Waals surface area contributed by atoms with E-state index in [4.69, 9.17) is 14.2 Å². The van der Waals surface area contributed by atoms with Crippen molar-refractivity contribution in [2.24, 2.45) is 0 Å². The van der Waals surface area contributed by atoms with Crippen LogP contribution >= 0.6 is 0 Å². The fraction of sp³-hybridized carbons (Fsp3) is 0.429. The fourth-order valence-electron chi connectivity index (χ4n) is 2.83. The van der Waals surface area contributed by atoms with E-state index in [-0.39, 0.29) is 6.10 Å². The molecule has 1 N–H and O–H groups in total. The van der Waals surface area contributed by atoms with Crippen molar-refractivity contribution in [3.05, 3.63) is 54.1 Å². The van der Waals surface area contributed by atoms with E-state index < -0.39 is 0 Å². The van der Waals surface area contributed by atoms with Gasteiger partial charge >= 0.3 is 0 Å². The molecular formula is C21H27NO3. The van der Waals surface area contributed by atoms with Gasteiger partial charge in [0, 0.05) is 24.4 Å². The third-order valence-electron chi connectivity index (χ3n) is 4.23. The third-order valence-corrected chi connectivity index (χ3v) is 4.23. The molecule has 1 aliphatic rings. The predicted octanol–water partition coefficient (Wildman–Crippen LogP) is 4.65. The van der Waals surface area contributed by atoms with Crippen LogP contribution in [0.15, 0.2) is 48.5 Å². The monoisotopic (exact) mass is 341 g/mol. The molecule has 0 aliphatic carbocycles. The average Bonchev–Trinajstić information content (AvgIpc) is 3.18. The van der Waals surface area contributed by atoms with Gasteiger partial charge in [0.05, 0.1) is 12.7 Å². The Bertz CT molecular complexity index is 636. The Kier molecular flexibility index (Phi) is 6.57. The van der Waals surface area contributed by atoms with Crippen LogP contribution in [0.2, 0.25) is 0 Å². The number of rotatable bonds is 9. The second-order valence-corrected chi connectivity index (χ2v) is 6.28. The fourth-order valence-corrected chi connectivity index (χ4v) is 2.83. The quantitative estimate of drug-likeness (QED) is 0.721. The lowest BCUT2D eigenvalue weighted by atomic mass is 10.2. The molecule has 4 heteroatoms. The summed E-state index contributed by atoms with van der Waals surface area (Å²) in [6.45, 7) is 5.09. The standard InChI is InChI=1S/C21H27NO3/c1-2-13-24-21-8-4-3-6-17(21)15-22-18-9-11-19(12-10-18)25-16-20-7-5-14-23-20/h3-4,6,8-12,20,22H,2,5,7,13-16H2,1H3. The van der Waals surface area contributed by atoms with Crippen molar-refractivity contribution in [2.45, 2.75) is 38.8 Å². The van der Waals surface area contributed by atoms with Crippen LogP contribution in [-0.4, -0.2) is 25.9 Å². The molecular weight excluding hydrogens is 314 g/mol. The Morgan fingerprint density at radius 2 is 1.92 bits per heavy atom. The Hall–Kier alpha value is -2.20. The summed E-state index contributed by atoms with van der Waals surface area (Å²) >= 11 is 0. The van der Waals surface area contributed by atoms with E-state index in [0.29, 0.717) is 6.61 Å². The highest BCUT2D eigenvalue weighted by molar-refractivity contribution is 5.47. The lowest BCUT2D eigenvalue weighted by Crippen LogP contribution is -2.16. The molecule has 0 saturated carbocycles. The normalized spacial score (nSPS) is 16.6. The summed E-state index contributed by atoms with van der Waals surface area (Å²) in [5.41, 5.74) is 2.23. The largest absolute Gasteiger partial charge is 0.493 e. The first-order chi connectivity index (χ1) is 12.3. The summed E-state index contributed by atoms with van der Waals surface area (Å²) in [4.78, 5) is 0. The first-order valence-corrected chi connectivity index (χ1v) is 9.14. The molecule has 25 heavy (non-hydrogen) atoms. The highest BCUT2D eigenvalue weighted by Gasteiger charge is 2.15. The third kappa shape index (κ3) is 5.40. The number of ether oxygens (including phenoxy) is 3. The van der Waals surface area contributed by atoms with Gasteiger partial charge in [-0.3, -0.25) is 0 Å². The first-order valence-electron chi connectivity index (χ1n) is 9.14. The number of anilines is 1. The maximum absolute atomic E-state index is 5.80. The molecule has 1 heterocycles. The average molecular weight is 341 g/mol. The van der Waals surface area contributed by atoms with E-state index in [0.717, 1.165) is 61.8 Å². The van der Waals surface area contributed by atoms with Gasteiger partial charge in [-0.15, -0.1) is 0 Å². The van der Waals surface area contributed by atoms with Crippen LogP contribution < -0.4 is 14.8 Å². The second-order valence-electron chi connectivity index (χ2n) is 6.28. The zero-order valence-electron chi connectivity index (χ0n) is 14.9. The molecule has 0 aromatic heterocycles. The minimum Gasteiger partial charge on any atom is -0.493 e. The molecule has 4 nitrogen and oxygen atoms in total. The Labute approximate surface area is 150 Å². The summed E-state index contributed by atoms with van der Waals surface area (Å²) in [6, 6.07) is 16.2. The molecule has 1 saturated heterocycles. The maximum Gasteiger partial charge on any atom is 0.124 e. The van der Waals surface area contributed by atoms with E-state index in [9.17, 15) is 0 Å². The molecule has 0 bridgehead atoms. The van der Waals surface area contributed by atoms with Gasteiger partial charge in [-0.25, -0.2) is 0 Å². The van der Waals surface area contributed by atoms with E-state index in [1.807, 2.05) is 42.5 Å². The molecule has 1 fully saturated rings. The van der Waals surface area contributed by atoms with Gasteiger partial charge in [0.1, 0.15) is 18.1 Å². The Morgan fingerprint density at radius 3 is 2.68 bits per heavy atom. The maximum atomic E-state index is 5.80. The summed E-state index contributed by atoms with van der Waals surface area (Å²) in [5.74, 6) is 1.83. The zero-order chi connectivity index (χ0) is 17.3. The van der Waals surface area contributed by atoms with Crippen molar-refractivity contribution in [3.8, 4) is 11.5 Å². The lowest BCUT2D eigenvalue weighted by Gasteiger charge is -2.14. The summed E-state index contributed by atoms with van der Waals surface area (Å²) in [5, 5.41) is 3.44. The number of hydrogen-bond donors (Lipinski definition) is 1. The SMILES string of the molecule is CCCOc1ccccc1CNc1ccc(OCC2CCCO2)cc1. The van der Waals surface area contributed by atoms with Crippen molar-refractivity contribution in [3.63, 3.8) is 0 Å². The van der Waals surface area contributed by atoms with Crippen LogP contribution in [0.25, 0.3) is 0 Å². The van der Waals surface area contributed by atoms with Gasteiger partial charge in [0.2, 0.25) is 0 Å². The number of para-hydroxylation sites is 1. The van der Waals surface area contributed by atoms with Crippen molar-refractivity contribution in [1.82, 2.24) is 0 Å². The van der Waals surface area contributed by atoms with Crippen molar-refractivity contribution in [1.29, 1.82) is 0 Å². The summed E-state index contributed by atoms with van der Waals surface area (Å²) in [6.07, 6.45) is 3.49. The molecule has 0 radical (unpaired) electrons. The van der Waals surface area contributed by atoms with Crippen LogP contribution in [0.3, 0.4) is 0 Å². The Balaban J connectivity index is 1.50. The van der Waals surface area contributed by atoms with Crippen LogP contribution in [0.1, 0.15) is 31.7 Å². The number of nitrogens with one attached hydrogen (secondary N) is 1. The molecule has 0 spiro atoms. The molecule has 3 rings (SSSR count). The van der Waals surface area contributed by atoms with E-state index >= 15 is 0 Å². The summed E-state index contributed by atoms with van der Waals surface area (Å²) in [7, 11) is 0. The van der Waals surface area contributed by atoms with Crippen LogP contribution in [0.5, 0.6) is 11.5 Å². The minimum absolute atomic E-state index is 0.248. The molecule has 1 aliphatic heterocycles. The van der Waals surface area contributed by atoms with Gasteiger partial charge in [-0.2, -0.15) is 0 Å². The van der Waals surface area contributed by atoms with Crippen molar-refractivity contribution < 1.29 is 14.2 Å². The van der Waals surface area contributed by atoms with Crippen molar-refractivity contribution >= 4 is 5.69 Å². The summed E-state index contributed by atoms with van der Waals surface area (Å²) < 4.78 is 17.2. The second kappa shape index (κ2) is 9.33. The highest BCUT2D eigenvalue weighted by atomic mass is 16.5. The van der Waals surface area contributed by atoms with Gasteiger partial charge in [0.25, 0.3) is 0 Å². The molecule has 2 aromatic rings. The van der Waals surface area contributed by atoms with Crippen LogP contribution in [0.4, 0.5) is 5.69 Å². The molecule has 0 amide bonds. The first kappa shape index (κ1) is 17.6. The van der Waals surface area contributed by atoms with Gasteiger partial charge in [-0.1, -0.05) is 25.1 Å². The lowest BCUT2D eigenvalue weighted by molar-refractivity contribution is 0.0679. The van der Waals surface area contributed by atoms with E-state index in [1.165, 1.54) is 0 Å². The van der Waals surface area contributed by atoms with E-state index in [1.54, 1.807) is 0 Å². The van der Waals surface area contributed by atoms with Crippen LogP contribution in [0, 0.1) is 0 Å². The molecule has 1 atom stereocenters. The smallest absolute Gasteiger partial charge is 0.124 e. The minimum atomic E-state index is 0.248. The van der Waals surface area contributed by atoms with Gasteiger partial charge < -0.3 is 19.5 Å². The molecule has 134 valence electrons. The predicted molar refractivity (Wildman–Crippen MR) is 100 cm³/mol. The zero-order valence-corrected chi connectivity index (χ0v) is 14.9. The highest BCUT2D eigenvalue weighted by Crippen LogP contribution is 2.22.